The van der Waals surface area contributed by atoms with Crippen molar-refractivity contribution in [2.24, 2.45) is 5.92 Å². The van der Waals surface area contributed by atoms with E-state index in [0.29, 0.717) is 6.42 Å². The molecule has 1 unspecified atom stereocenters. The number of aliphatic hydroxyl groups is 1. The van der Waals surface area contributed by atoms with E-state index in [4.69, 9.17) is 5.11 Å². The van der Waals surface area contributed by atoms with E-state index in [9.17, 15) is 4.79 Å². The maximum Gasteiger partial charge on any atom is 0.224 e. The van der Waals surface area contributed by atoms with E-state index in [-0.39, 0.29) is 18.6 Å². The van der Waals surface area contributed by atoms with Gasteiger partial charge < -0.3 is 15.7 Å². The van der Waals surface area contributed by atoms with Crippen molar-refractivity contribution in [2.45, 2.75) is 57.9 Å². The number of rotatable bonds is 8. The highest BCUT2D eigenvalue weighted by Gasteiger charge is 2.13. The molecule has 1 saturated carbocycles. The Hall–Kier alpha value is -1.55. The molecule has 1 aliphatic rings. The zero-order chi connectivity index (χ0) is 16.5. The number of aliphatic hydroxyl groups excluding tert-OH is 1. The summed E-state index contributed by atoms with van der Waals surface area (Å²) in [4.78, 5) is 11.9. The van der Waals surface area contributed by atoms with Gasteiger partial charge in [0.25, 0.3) is 0 Å². The second-order valence-corrected chi connectivity index (χ2v) is 6.61. The minimum absolute atomic E-state index is 0.00767. The highest BCUT2D eigenvalue weighted by atomic mass is 16.3. The molecule has 0 aromatic heterocycles. The molecule has 1 fully saturated rings. The molecule has 0 radical (unpaired) electrons. The van der Waals surface area contributed by atoms with Gasteiger partial charge in [-0.25, -0.2) is 0 Å². The fraction of sp³-hybridized carbons (Fsp3) is 0.632. The van der Waals surface area contributed by atoms with Crippen LogP contribution in [0.25, 0.3) is 0 Å². The van der Waals surface area contributed by atoms with Gasteiger partial charge in [-0.2, -0.15) is 0 Å². The number of hydrogen-bond donors (Lipinski definition) is 3. The third-order valence-corrected chi connectivity index (χ3v) is 4.72. The Kier molecular flexibility index (Phi) is 7.40. The highest BCUT2D eigenvalue weighted by molar-refractivity contribution is 5.79. The molecule has 0 heterocycles. The van der Waals surface area contributed by atoms with Crippen molar-refractivity contribution in [1.82, 2.24) is 5.32 Å². The number of carbonyl (C=O) groups excluding carboxylic acids is 1. The fourth-order valence-corrected chi connectivity index (χ4v) is 3.13. The summed E-state index contributed by atoms with van der Waals surface area (Å²) in [6, 6.07) is 7.97. The third kappa shape index (κ3) is 6.22. The highest BCUT2D eigenvalue weighted by Crippen LogP contribution is 2.24. The molecule has 1 atom stereocenters. The molecular formula is C19H30N2O2. The maximum atomic E-state index is 11.9. The van der Waals surface area contributed by atoms with E-state index in [1.807, 2.05) is 19.1 Å². The SMILES string of the molecule is CCC(CO)NC(=O)Cc1ccc(NCC2CCCCC2)cc1. The molecule has 1 aliphatic carbocycles. The average Bonchev–Trinajstić information content (AvgIpc) is 2.60. The predicted molar refractivity (Wildman–Crippen MR) is 94.5 cm³/mol. The topological polar surface area (TPSA) is 61.4 Å². The third-order valence-electron chi connectivity index (χ3n) is 4.72. The molecule has 1 aromatic carbocycles. The molecule has 23 heavy (non-hydrogen) atoms. The molecule has 0 spiro atoms. The number of hydrogen-bond acceptors (Lipinski definition) is 3. The molecule has 4 nitrogen and oxygen atoms in total. The van der Waals surface area contributed by atoms with Gasteiger partial charge in [0, 0.05) is 12.2 Å². The first-order valence-electron chi connectivity index (χ1n) is 8.94. The molecule has 1 amide bonds. The molecular weight excluding hydrogens is 288 g/mol. The van der Waals surface area contributed by atoms with Crippen molar-refractivity contribution in [3.8, 4) is 0 Å². The van der Waals surface area contributed by atoms with E-state index in [2.05, 4.69) is 22.8 Å². The van der Waals surface area contributed by atoms with Gasteiger partial charge in [0.1, 0.15) is 0 Å². The largest absolute Gasteiger partial charge is 0.394 e. The van der Waals surface area contributed by atoms with Crippen molar-refractivity contribution >= 4 is 11.6 Å². The second-order valence-electron chi connectivity index (χ2n) is 6.61. The van der Waals surface area contributed by atoms with Crippen molar-refractivity contribution < 1.29 is 9.90 Å². The first-order chi connectivity index (χ1) is 11.2. The summed E-state index contributed by atoms with van der Waals surface area (Å²) >= 11 is 0. The second kappa shape index (κ2) is 9.56. The Labute approximate surface area is 139 Å². The van der Waals surface area contributed by atoms with Crippen LogP contribution in [0.3, 0.4) is 0 Å². The number of anilines is 1. The van der Waals surface area contributed by atoms with Gasteiger partial charge in [0.15, 0.2) is 0 Å². The van der Waals surface area contributed by atoms with Gasteiger partial charge in [0.2, 0.25) is 5.91 Å². The van der Waals surface area contributed by atoms with Crippen LogP contribution in [0.1, 0.15) is 51.0 Å². The summed E-state index contributed by atoms with van der Waals surface area (Å²) in [5.74, 6) is 0.771. The van der Waals surface area contributed by atoms with Gasteiger partial charge >= 0.3 is 0 Å². The quantitative estimate of drug-likeness (QED) is 0.690. The molecule has 1 aromatic rings. The number of amides is 1. The van der Waals surface area contributed by atoms with Gasteiger partial charge in [-0.05, 0) is 42.9 Å². The van der Waals surface area contributed by atoms with Gasteiger partial charge in [-0.3, -0.25) is 4.79 Å². The maximum absolute atomic E-state index is 11.9. The summed E-state index contributed by atoms with van der Waals surface area (Å²) in [5, 5.41) is 15.5. The van der Waals surface area contributed by atoms with Crippen LogP contribution in [0.15, 0.2) is 24.3 Å². The van der Waals surface area contributed by atoms with Crippen molar-refractivity contribution in [3.05, 3.63) is 29.8 Å². The van der Waals surface area contributed by atoms with E-state index in [0.717, 1.165) is 30.1 Å². The van der Waals surface area contributed by atoms with Gasteiger partial charge in [-0.1, -0.05) is 38.3 Å². The minimum atomic E-state index is -0.140. The molecule has 128 valence electrons. The first kappa shape index (κ1) is 17.8. The molecule has 4 heteroatoms. The smallest absolute Gasteiger partial charge is 0.224 e. The Morgan fingerprint density at radius 1 is 1.22 bits per heavy atom. The van der Waals surface area contributed by atoms with Crippen LogP contribution in [0.2, 0.25) is 0 Å². The number of benzene rings is 1. The van der Waals surface area contributed by atoms with Crippen LogP contribution in [0.5, 0.6) is 0 Å². The summed E-state index contributed by atoms with van der Waals surface area (Å²) < 4.78 is 0. The van der Waals surface area contributed by atoms with Crippen LogP contribution in [0, 0.1) is 5.92 Å². The summed E-state index contributed by atoms with van der Waals surface area (Å²) in [7, 11) is 0. The lowest BCUT2D eigenvalue weighted by Crippen LogP contribution is -2.37. The molecule has 0 saturated heterocycles. The average molecular weight is 318 g/mol. The van der Waals surface area contributed by atoms with Gasteiger partial charge in [0.05, 0.1) is 19.1 Å². The first-order valence-corrected chi connectivity index (χ1v) is 8.94. The lowest BCUT2D eigenvalue weighted by molar-refractivity contribution is -0.121. The Morgan fingerprint density at radius 3 is 2.52 bits per heavy atom. The van der Waals surface area contributed by atoms with E-state index in [1.54, 1.807) is 0 Å². The van der Waals surface area contributed by atoms with Crippen LogP contribution < -0.4 is 10.6 Å². The van der Waals surface area contributed by atoms with Crippen LogP contribution in [-0.2, 0) is 11.2 Å². The van der Waals surface area contributed by atoms with Crippen LogP contribution >= 0.6 is 0 Å². The predicted octanol–water partition coefficient (Wildman–Crippen LogP) is 3.11. The monoisotopic (exact) mass is 318 g/mol. The lowest BCUT2D eigenvalue weighted by Gasteiger charge is -2.22. The number of nitrogens with one attached hydrogen (secondary N) is 2. The molecule has 2 rings (SSSR count). The Morgan fingerprint density at radius 2 is 1.91 bits per heavy atom. The zero-order valence-corrected chi connectivity index (χ0v) is 14.2. The Balaban J connectivity index is 1.76. The molecule has 0 bridgehead atoms. The van der Waals surface area contributed by atoms with Crippen molar-refractivity contribution in [1.29, 1.82) is 0 Å². The van der Waals surface area contributed by atoms with Crippen LogP contribution in [-0.4, -0.2) is 30.2 Å². The van der Waals surface area contributed by atoms with E-state index < -0.39 is 0 Å². The summed E-state index contributed by atoms with van der Waals surface area (Å²) in [6.07, 6.45) is 7.91. The van der Waals surface area contributed by atoms with E-state index in [1.165, 1.54) is 32.1 Å². The molecule has 3 N–H and O–H groups in total. The Bertz CT molecular complexity index is 463. The number of carbonyl (C=O) groups is 1. The standard InChI is InChI=1S/C19H30N2O2/c1-2-17(14-22)21-19(23)12-15-8-10-18(11-9-15)20-13-16-6-4-3-5-7-16/h8-11,16-17,20,22H,2-7,12-14H2,1H3,(H,21,23). The van der Waals surface area contributed by atoms with Crippen LogP contribution in [0.4, 0.5) is 5.69 Å². The fourth-order valence-electron chi connectivity index (χ4n) is 3.13. The summed E-state index contributed by atoms with van der Waals surface area (Å²) in [6.45, 7) is 2.99. The normalized spacial score (nSPS) is 16.8. The van der Waals surface area contributed by atoms with Crippen molar-refractivity contribution in [2.75, 3.05) is 18.5 Å². The minimum Gasteiger partial charge on any atom is -0.394 e. The zero-order valence-electron chi connectivity index (χ0n) is 14.2. The van der Waals surface area contributed by atoms with Crippen molar-refractivity contribution in [3.63, 3.8) is 0 Å². The van der Waals surface area contributed by atoms with E-state index >= 15 is 0 Å². The summed E-state index contributed by atoms with van der Waals surface area (Å²) in [5.41, 5.74) is 2.13. The molecule has 0 aliphatic heterocycles. The lowest BCUT2D eigenvalue weighted by atomic mass is 9.89. The van der Waals surface area contributed by atoms with Gasteiger partial charge in [-0.15, -0.1) is 0 Å².